The Morgan fingerprint density at radius 3 is 2.53 bits per heavy atom. The number of hydrogen-bond donors (Lipinski definition) is 1. The van der Waals surface area contributed by atoms with Crippen LogP contribution in [-0.2, 0) is 6.54 Å². The third-order valence-corrected chi connectivity index (χ3v) is 1.93. The highest BCUT2D eigenvalue weighted by atomic mass is 16.5. The first-order valence-corrected chi connectivity index (χ1v) is 5.19. The van der Waals surface area contributed by atoms with E-state index in [0.29, 0.717) is 0 Å². The second-order valence-corrected chi connectivity index (χ2v) is 4.27. The topological polar surface area (TPSA) is 38.5 Å². The first-order valence-electron chi connectivity index (χ1n) is 5.19. The Balaban J connectivity index is 2.92. The number of nitrogen functional groups attached to an aromatic ring is 1. The largest absolute Gasteiger partial charge is 0.491 e. The number of ether oxygens (including phenoxy) is 1. The van der Waals surface area contributed by atoms with E-state index in [2.05, 4.69) is 4.90 Å². The lowest BCUT2D eigenvalue weighted by atomic mass is 10.1. The van der Waals surface area contributed by atoms with Crippen molar-refractivity contribution in [3.05, 3.63) is 23.8 Å². The van der Waals surface area contributed by atoms with Crippen LogP contribution in [0.5, 0.6) is 5.75 Å². The van der Waals surface area contributed by atoms with Crippen LogP contribution in [0.25, 0.3) is 0 Å². The molecule has 0 atom stereocenters. The monoisotopic (exact) mass is 208 g/mol. The molecule has 1 aromatic rings. The van der Waals surface area contributed by atoms with Crippen molar-refractivity contribution < 1.29 is 4.74 Å². The van der Waals surface area contributed by atoms with E-state index >= 15 is 0 Å². The maximum absolute atomic E-state index is 5.76. The van der Waals surface area contributed by atoms with Gasteiger partial charge in [-0.25, -0.2) is 0 Å². The van der Waals surface area contributed by atoms with Crippen molar-refractivity contribution in [3.8, 4) is 5.75 Å². The summed E-state index contributed by atoms with van der Waals surface area (Å²) in [7, 11) is 4.06. The van der Waals surface area contributed by atoms with E-state index in [1.807, 2.05) is 46.1 Å². The molecule has 1 rings (SSSR count). The van der Waals surface area contributed by atoms with Gasteiger partial charge in [-0.15, -0.1) is 0 Å². The van der Waals surface area contributed by atoms with Gasteiger partial charge in [0.2, 0.25) is 0 Å². The van der Waals surface area contributed by atoms with E-state index in [1.54, 1.807) is 0 Å². The Hall–Kier alpha value is -1.22. The van der Waals surface area contributed by atoms with Gasteiger partial charge in [0.15, 0.2) is 0 Å². The van der Waals surface area contributed by atoms with E-state index in [0.717, 1.165) is 23.5 Å². The molecule has 0 amide bonds. The fraction of sp³-hybridized carbons (Fsp3) is 0.500. The van der Waals surface area contributed by atoms with Crippen molar-refractivity contribution in [1.82, 2.24) is 4.90 Å². The van der Waals surface area contributed by atoms with Gasteiger partial charge in [0.05, 0.1) is 6.10 Å². The van der Waals surface area contributed by atoms with Gasteiger partial charge in [0.1, 0.15) is 5.75 Å². The van der Waals surface area contributed by atoms with Crippen LogP contribution >= 0.6 is 0 Å². The summed E-state index contributed by atoms with van der Waals surface area (Å²) >= 11 is 0. The van der Waals surface area contributed by atoms with Crippen LogP contribution in [0.15, 0.2) is 18.2 Å². The van der Waals surface area contributed by atoms with Gasteiger partial charge in [0, 0.05) is 17.8 Å². The Morgan fingerprint density at radius 1 is 1.33 bits per heavy atom. The Kier molecular flexibility index (Phi) is 3.97. The molecule has 0 saturated carbocycles. The van der Waals surface area contributed by atoms with E-state index < -0.39 is 0 Å². The number of rotatable bonds is 4. The Bertz CT molecular complexity index is 321. The molecular formula is C12H20N2O. The fourth-order valence-corrected chi connectivity index (χ4v) is 1.43. The number of nitrogens with two attached hydrogens (primary N) is 1. The molecule has 2 N–H and O–H groups in total. The van der Waals surface area contributed by atoms with E-state index in [4.69, 9.17) is 10.5 Å². The van der Waals surface area contributed by atoms with Crippen LogP contribution < -0.4 is 10.5 Å². The van der Waals surface area contributed by atoms with Crippen LogP contribution in [-0.4, -0.2) is 25.1 Å². The molecule has 0 heterocycles. The van der Waals surface area contributed by atoms with Gasteiger partial charge >= 0.3 is 0 Å². The first kappa shape index (κ1) is 11.9. The Morgan fingerprint density at radius 2 is 2.00 bits per heavy atom. The molecule has 0 bridgehead atoms. The van der Waals surface area contributed by atoms with Crippen molar-refractivity contribution in [3.63, 3.8) is 0 Å². The quantitative estimate of drug-likeness (QED) is 0.770. The zero-order valence-electron chi connectivity index (χ0n) is 9.95. The number of benzene rings is 1. The molecule has 0 aliphatic carbocycles. The maximum Gasteiger partial charge on any atom is 0.124 e. The smallest absolute Gasteiger partial charge is 0.124 e. The third kappa shape index (κ3) is 3.80. The highest BCUT2D eigenvalue weighted by Crippen LogP contribution is 2.23. The van der Waals surface area contributed by atoms with Crippen molar-refractivity contribution in [2.75, 3.05) is 19.8 Å². The number of hydrogen-bond acceptors (Lipinski definition) is 3. The lowest BCUT2D eigenvalue weighted by molar-refractivity contribution is 0.236. The predicted octanol–water partition coefficient (Wildman–Crippen LogP) is 2.12. The summed E-state index contributed by atoms with van der Waals surface area (Å²) < 4.78 is 5.72. The third-order valence-electron chi connectivity index (χ3n) is 1.93. The standard InChI is InChI=1S/C12H20N2O/c1-9(2)15-12-6-5-11(13)7-10(12)8-14(3)4/h5-7,9H,8,13H2,1-4H3. The molecule has 0 fully saturated rings. The summed E-state index contributed by atoms with van der Waals surface area (Å²) in [4.78, 5) is 2.10. The van der Waals surface area contributed by atoms with Crippen LogP contribution in [0, 0.1) is 0 Å². The summed E-state index contributed by atoms with van der Waals surface area (Å²) in [5.74, 6) is 0.924. The molecule has 84 valence electrons. The molecule has 0 aliphatic rings. The van der Waals surface area contributed by atoms with Gasteiger partial charge in [0.25, 0.3) is 0 Å². The van der Waals surface area contributed by atoms with Crippen molar-refractivity contribution in [2.24, 2.45) is 0 Å². The normalized spacial score (nSPS) is 11.1. The summed E-state index contributed by atoms with van der Waals surface area (Å²) in [6, 6.07) is 5.78. The second-order valence-electron chi connectivity index (χ2n) is 4.27. The molecular weight excluding hydrogens is 188 g/mol. The summed E-state index contributed by atoms with van der Waals surface area (Å²) in [6.45, 7) is 4.89. The zero-order valence-corrected chi connectivity index (χ0v) is 9.95. The van der Waals surface area contributed by atoms with E-state index in [1.165, 1.54) is 0 Å². The SMILES string of the molecule is CC(C)Oc1ccc(N)cc1CN(C)C. The zero-order chi connectivity index (χ0) is 11.4. The molecule has 15 heavy (non-hydrogen) atoms. The van der Waals surface area contributed by atoms with Crippen LogP contribution in [0.1, 0.15) is 19.4 Å². The van der Waals surface area contributed by atoms with Gasteiger partial charge < -0.3 is 15.4 Å². The fourth-order valence-electron chi connectivity index (χ4n) is 1.43. The molecule has 0 aliphatic heterocycles. The first-order chi connectivity index (χ1) is 6.99. The van der Waals surface area contributed by atoms with Crippen molar-refractivity contribution in [1.29, 1.82) is 0 Å². The van der Waals surface area contributed by atoms with Crippen LogP contribution in [0.3, 0.4) is 0 Å². The van der Waals surface area contributed by atoms with Crippen LogP contribution in [0.2, 0.25) is 0 Å². The molecule has 3 heteroatoms. The van der Waals surface area contributed by atoms with Crippen LogP contribution in [0.4, 0.5) is 5.69 Å². The average molecular weight is 208 g/mol. The second kappa shape index (κ2) is 5.03. The van der Waals surface area contributed by atoms with Gasteiger partial charge in [-0.1, -0.05) is 0 Å². The van der Waals surface area contributed by atoms with Crippen molar-refractivity contribution >= 4 is 5.69 Å². The highest BCUT2D eigenvalue weighted by molar-refractivity contribution is 5.47. The van der Waals surface area contributed by atoms with Gasteiger partial charge in [-0.3, -0.25) is 0 Å². The summed E-state index contributed by atoms with van der Waals surface area (Å²) in [5, 5.41) is 0. The molecule has 0 saturated heterocycles. The number of anilines is 1. The molecule has 0 aromatic heterocycles. The number of nitrogens with zero attached hydrogens (tertiary/aromatic N) is 1. The minimum Gasteiger partial charge on any atom is -0.491 e. The van der Waals surface area contributed by atoms with E-state index in [9.17, 15) is 0 Å². The average Bonchev–Trinajstić information content (AvgIpc) is 2.08. The lowest BCUT2D eigenvalue weighted by Gasteiger charge is -2.17. The molecule has 0 unspecified atom stereocenters. The summed E-state index contributed by atoms with van der Waals surface area (Å²) in [6.07, 6.45) is 0.189. The predicted molar refractivity (Wildman–Crippen MR) is 64.0 cm³/mol. The molecule has 3 nitrogen and oxygen atoms in total. The van der Waals surface area contributed by atoms with Gasteiger partial charge in [-0.05, 0) is 46.1 Å². The summed E-state index contributed by atoms with van der Waals surface area (Å²) in [5.41, 5.74) is 7.67. The molecule has 0 spiro atoms. The van der Waals surface area contributed by atoms with Crippen molar-refractivity contribution in [2.45, 2.75) is 26.5 Å². The minimum absolute atomic E-state index is 0.189. The van der Waals surface area contributed by atoms with Gasteiger partial charge in [-0.2, -0.15) is 0 Å². The lowest BCUT2D eigenvalue weighted by Crippen LogP contribution is -2.14. The molecule has 1 aromatic carbocycles. The Labute approximate surface area is 91.8 Å². The maximum atomic E-state index is 5.76. The molecule has 0 radical (unpaired) electrons. The minimum atomic E-state index is 0.189. The highest BCUT2D eigenvalue weighted by Gasteiger charge is 2.07. The van der Waals surface area contributed by atoms with E-state index in [-0.39, 0.29) is 6.10 Å².